The minimum Gasteiger partial charge on any atom is -0.462 e. The van der Waals surface area contributed by atoms with Gasteiger partial charge in [0.05, 0.1) is 0 Å². The largest absolute Gasteiger partial charge is 0.462 e. The second-order valence-corrected chi connectivity index (χ2v) is 20.9. The Morgan fingerprint density at radius 3 is 0.861 bits per heavy atom. The van der Waals surface area contributed by atoms with Gasteiger partial charge in [0.25, 0.3) is 0 Å². The number of ether oxygens (including phenoxy) is 3. The summed E-state index contributed by atoms with van der Waals surface area (Å²) in [4.78, 5) is 38.3. The van der Waals surface area contributed by atoms with E-state index in [4.69, 9.17) is 14.2 Å². The zero-order valence-electron chi connectivity index (χ0n) is 51.1. The Bertz CT molecular complexity index is 1730. The fraction of sp³-hybridized carbons (Fsp3) is 0.630. The van der Waals surface area contributed by atoms with Gasteiger partial charge in [-0.2, -0.15) is 0 Å². The van der Waals surface area contributed by atoms with Crippen LogP contribution in [-0.2, 0) is 28.6 Å². The summed E-state index contributed by atoms with van der Waals surface area (Å²) in [6.45, 7) is 6.34. The molecule has 0 spiro atoms. The standard InChI is InChI=1S/C73H118O6/c1-4-7-10-13-16-19-22-25-28-31-34-36-39-42-45-48-51-54-57-60-63-66-72(75)78-69-70(68-77-71(74)65-62-59-56-53-50-47-44-41-38-33-30-27-24-21-18-15-12-9-6-3)79-73(76)67-64-61-58-55-52-49-46-43-40-37-35-32-29-26-23-20-17-14-11-8-5-2/h7,9-10,12,16,18-19,21,25,27-28,30,32,34-36,38,41-42,45,47,50,56,59,70H,4-6,8,11,13-15,17,20,22-24,26,29,31,33,37,39-40,43-44,46,48-49,51-55,57-58,60-69H2,1-3H3/b10-7-,12-9-,19-16-,21-18-,28-25-,30-27-,35-32-,36-34-,41-38-,45-42-,50-47-,59-56-. The maximum absolute atomic E-state index is 12.9. The zero-order valence-corrected chi connectivity index (χ0v) is 51.1. The van der Waals surface area contributed by atoms with Crippen LogP contribution < -0.4 is 0 Å². The molecular weight excluding hydrogens is 973 g/mol. The summed E-state index contributed by atoms with van der Waals surface area (Å²) in [6, 6.07) is 0. The van der Waals surface area contributed by atoms with Crippen LogP contribution in [0.25, 0.3) is 0 Å². The van der Waals surface area contributed by atoms with Crippen LogP contribution in [0.3, 0.4) is 0 Å². The summed E-state index contributed by atoms with van der Waals surface area (Å²) in [6.07, 6.45) is 94.3. The van der Waals surface area contributed by atoms with E-state index in [0.29, 0.717) is 19.3 Å². The van der Waals surface area contributed by atoms with Crippen molar-refractivity contribution in [3.63, 3.8) is 0 Å². The third-order valence-corrected chi connectivity index (χ3v) is 13.3. The summed E-state index contributed by atoms with van der Waals surface area (Å²) in [7, 11) is 0. The molecular formula is C73H118O6. The Balaban J connectivity index is 4.54. The molecule has 0 heterocycles. The first-order valence-electron chi connectivity index (χ1n) is 32.3. The summed E-state index contributed by atoms with van der Waals surface area (Å²) >= 11 is 0. The normalized spacial score (nSPS) is 13.1. The second-order valence-electron chi connectivity index (χ2n) is 20.9. The van der Waals surface area contributed by atoms with Gasteiger partial charge in [0.1, 0.15) is 13.2 Å². The van der Waals surface area contributed by atoms with E-state index in [0.717, 1.165) is 128 Å². The van der Waals surface area contributed by atoms with Crippen molar-refractivity contribution in [3.05, 3.63) is 146 Å². The molecule has 0 bridgehead atoms. The topological polar surface area (TPSA) is 78.9 Å². The van der Waals surface area contributed by atoms with Gasteiger partial charge in [-0.15, -0.1) is 0 Å². The van der Waals surface area contributed by atoms with Gasteiger partial charge in [-0.05, 0) is 128 Å². The first kappa shape index (κ1) is 74.3. The number of rotatable bonds is 57. The van der Waals surface area contributed by atoms with Crippen LogP contribution in [0, 0.1) is 0 Å². The van der Waals surface area contributed by atoms with Crippen molar-refractivity contribution in [3.8, 4) is 0 Å². The van der Waals surface area contributed by atoms with Gasteiger partial charge >= 0.3 is 17.9 Å². The average Bonchev–Trinajstić information content (AvgIpc) is 3.45. The average molecular weight is 1090 g/mol. The molecule has 0 aliphatic heterocycles. The van der Waals surface area contributed by atoms with Gasteiger partial charge in [0.15, 0.2) is 6.10 Å². The lowest BCUT2D eigenvalue weighted by atomic mass is 10.1. The predicted octanol–water partition coefficient (Wildman–Crippen LogP) is 22.3. The third kappa shape index (κ3) is 64.0. The van der Waals surface area contributed by atoms with Gasteiger partial charge in [-0.3, -0.25) is 14.4 Å². The van der Waals surface area contributed by atoms with E-state index >= 15 is 0 Å². The number of carbonyl (C=O) groups excluding carboxylic acids is 3. The maximum atomic E-state index is 12.9. The van der Waals surface area contributed by atoms with Gasteiger partial charge < -0.3 is 14.2 Å². The molecule has 0 saturated carbocycles. The monoisotopic (exact) mass is 1090 g/mol. The molecule has 6 heteroatoms. The highest BCUT2D eigenvalue weighted by Crippen LogP contribution is 2.15. The molecule has 0 amide bonds. The number of esters is 3. The smallest absolute Gasteiger partial charge is 0.306 e. The minimum atomic E-state index is -0.826. The second kappa shape index (κ2) is 65.8. The molecule has 1 atom stereocenters. The Morgan fingerprint density at radius 1 is 0.266 bits per heavy atom. The Labute approximate surface area is 487 Å². The molecule has 0 N–H and O–H groups in total. The Morgan fingerprint density at radius 2 is 0.519 bits per heavy atom. The number of carbonyl (C=O) groups is 3. The van der Waals surface area contributed by atoms with Crippen molar-refractivity contribution >= 4 is 17.9 Å². The molecule has 79 heavy (non-hydrogen) atoms. The van der Waals surface area contributed by atoms with Crippen LogP contribution >= 0.6 is 0 Å². The zero-order chi connectivity index (χ0) is 57.1. The lowest BCUT2D eigenvalue weighted by molar-refractivity contribution is -0.166. The third-order valence-electron chi connectivity index (χ3n) is 13.3. The van der Waals surface area contributed by atoms with E-state index < -0.39 is 6.10 Å². The molecule has 446 valence electrons. The molecule has 0 saturated heterocycles. The fourth-order valence-corrected chi connectivity index (χ4v) is 8.55. The lowest BCUT2D eigenvalue weighted by Crippen LogP contribution is -2.30. The van der Waals surface area contributed by atoms with E-state index in [1.54, 1.807) is 0 Å². The van der Waals surface area contributed by atoms with E-state index in [2.05, 4.69) is 161 Å². The molecule has 6 nitrogen and oxygen atoms in total. The van der Waals surface area contributed by atoms with Crippen molar-refractivity contribution in [1.29, 1.82) is 0 Å². The van der Waals surface area contributed by atoms with E-state index in [9.17, 15) is 14.4 Å². The van der Waals surface area contributed by atoms with Gasteiger partial charge in [0.2, 0.25) is 0 Å². The van der Waals surface area contributed by atoms with Gasteiger partial charge in [-0.1, -0.05) is 276 Å². The van der Waals surface area contributed by atoms with Crippen molar-refractivity contribution in [2.24, 2.45) is 0 Å². The molecule has 0 aromatic rings. The van der Waals surface area contributed by atoms with Gasteiger partial charge in [0, 0.05) is 19.3 Å². The van der Waals surface area contributed by atoms with Crippen molar-refractivity contribution in [1.82, 2.24) is 0 Å². The molecule has 0 aromatic heterocycles. The number of hydrogen-bond acceptors (Lipinski definition) is 6. The Hall–Kier alpha value is -4.71. The summed E-state index contributed by atoms with van der Waals surface area (Å²) in [5.41, 5.74) is 0. The highest BCUT2D eigenvalue weighted by atomic mass is 16.6. The van der Waals surface area contributed by atoms with E-state index in [1.807, 2.05) is 6.08 Å². The number of hydrogen-bond donors (Lipinski definition) is 0. The molecule has 0 rings (SSSR count). The molecule has 0 fully saturated rings. The highest BCUT2D eigenvalue weighted by molar-refractivity contribution is 5.71. The quantitative estimate of drug-likeness (QED) is 0.0261. The SMILES string of the molecule is CC/C=C\C/C=C\C/C=C\C/C=C\C/C=C\C/C=C\CCC(=O)OCC(COC(=O)CCCCCCC/C=C\C/C=C\C/C=C\C/C=C\C/C=C\CC)OC(=O)CCCCCCCCCCC/C=C\CCCCCCCCCC. The number of unbranched alkanes of at least 4 members (excludes halogenated alkanes) is 22. The summed E-state index contributed by atoms with van der Waals surface area (Å²) in [5, 5.41) is 0. The van der Waals surface area contributed by atoms with Crippen LogP contribution in [0.15, 0.2) is 146 Å². The van der Waals surface area contributed by atoms with Crippen molar-refractivity contribution < 1.29 is 28.6 Å². The Kier molecular flexibility index (Phi) is 61.9. The lowest BCUT2D eigenvalue weighted by Gasteiger charge is -2.18. The van der Waals surface area contributed by atoms with E-state index in [1.165, 1.54) is 103 Å². The van der Waals surface area contributed by atoms with E-state index in [-0.39, 0.29) is 37.5 Å². The first-order valence-corrected chi connectivity index (χ1v) is 32.3. The predicted molar refractivity (Wildman–Crippen MR) is 343 cm³/mol. The highest BCUT2D eigenvalue weighted by Gasteiger charge is 2.19. The van der Waals surface area contributed by atoms with Gasteiger partial charge in [-0.25, -0.2) is 0 Å². The first-order chi connectivity index (χ1) is 39.0. The summed E-state index contributed by atoms with van der Waals surface area (Å²) in [5.74, 6) is -1.02. The fourth-order valence-electron chi connectivity index (χ4n) is 8.55. The van der Waals surface area contributed by atoms with Crippen LogP contribution in [0.1, 0.15) is 278 Å². The van der Waals surface area contributed by atoms with Crippen molar-refractivity contribution in [2.75, 3.05) is 13.2 Å². The minimum absolute atomic E-state index is 0.117. The molecule has 0 aliphatic carbocycles. The van der Waals surface area contributed by atoms with Crippen LogP contribution in [-0.4, -0.2) is 37.2 Å². The van der Waals surface area contributed by atoms with Crippen LogP contribution in [0.2, 0.25) is 0 Å². The maximum Gasteiger partial charge on any atom is 0.306 e. The molecule has 0 aromatic carbocycles. The van der Waals surface area contributed by atoms with Crippen LogP contribution in [0.4, 0.5) is 0 Å². The number of allylic oxidation sites excluding steroid dienone is 24. The van der Waals surface area contributed by atoms with Crippen molar-refractivity contribution in [2.45, 2.75) is 284 Å². The molecule has 1 unspecified atom stereocenters. The summed E-state index contributed by atoms with van der Waals surface area (Å²) < 4.78 is 16.9. The molecule has 0 aliphatic rings. The molecule has 0 radical (unpaired) electrons. The van der Waals surface area contributed by atoms with Crippen LogP contribution in [0.5, 0.6) is 0 Å².